The van der Waals surface area contributed by atoms with Crippen molar-refractivity contribution in [2.45, 2.75) is 38.6 Å². The molecular formula is C15H22N2O2S. The van der Waals surface area contributed by atoms with Crippen LogP contribution in [0.25, 0.3) is 10.9 Å². The van der Waals surface area contributed by atoms with Crippen LogP contribution >= 0.6 is 0 Å². The zero-order chi connectivity index (χ0) is 15.0. The fourth-order valence-electron chi connectivity index (χ4n) is 2.10. The molecule has 0 atom stereocenters. The van der Waals surface area contributed by atoms with Gasteiger partial charge in [-0.3, -0.25) is 0 Å². The van der Waals surface area contributed by atoms with Crippen molar-refractivity contribution in [2.75, 3.05) is 5.75 Å². The lowest BCUT2D eigenvalue weighted by Crippen LogP contribution is -2.31. The van der Waals surface area contributed by atoms with Gasteiger partial charge in [0, 0.05) is 24.8 Å². The first-order chi connectivity index (χ1) is 9.24. The molecule has 4 nitrogen and oxygen atoms in total. The Morgan fingerprint density at radius 3 is 2.50 bits per heavy atom. The summed E-state index contributed by atoms with van der Waals surface area (Å²) in [6.07, 6.45) is 1.93. The predicted molar refractivity (Wildman–Crippen MR) is 83.4 cm³/mol. The third-order valence-electron chi connectivity index (χ3n) is 3.61. The molecule has 5 heteroatoms. The second-order valence-corrected chi connectivity index (χ2v) is 8.90. The van der Waals surface area contributed by atoms with Crippen molar-refractivity contribution in [1.29, 1.82) is 0 Å². The fourth-order valence-corrected chi connectivity index (χ4v) is 3.15. The molecule has 0 aliphatic carbocycles. The number of aryl methyl sites for hydroxylation is 1. The molecule has 1 aromatic heterocycles. The Morgan fingerprint density at radius 1 is 1.20 bits per heavy atom. The Bertz CT molecular complexity index is 709. The third kappa shape index (κ3) is 2.88. The van der Waals surface area contributed by atoms with Gasteiger partial charge < -0.3 is 10.3 Å². The number of sulfone groups is 1. The van der Waals surface area contributed by atoms with E-state index in [2.05, 4.69) is 0 Å². The Morgan fingerprint density at radius 2 is 1.90 bits per heavy atom. The van der Waals surface area contributed by atoms with Crippen LogP contribution in [0.4, 0.5) is 0 Å². The monoisotopic (exact) mass is 294 g/mol. The SMILES string of the molecule is CC(C)(C)S(=O)(=O)CCn1ccc2cc(CN)ccc21. The summed E-state index contributed by atoms with van der Waals surface area (Å²) in [7, 11) is -3.10. The van der Waals surface area contributed by atoms with Crippen LogP contribution in [0.15, 0.2) is 30.5 Å². The predicted octanol–water partition coefficient (Wildman–Crippen LogP) is 2.31. The second kappa shape index (κ2) is 5.22. The highest BCUT2D eigenvalue weighted by molar-refractivity contribution is 7.92. The van der Waals surface area contributed by atoms with Crippen molar-refractivity contribution in [3.63, 3.8) is 0 Å². The van der Waals surface area contributed by atoms with Gasteiger partial charge in [0.05, 0.1) is 10.5 Å². The molecule has 110 valence electrons. The molecule has 0 bridgehead atoms. The maximum Gasteiger partial charge on any atom is 0.156 e. The summed E-state index contributed by atoms with van der Waals surface area (Å²) in [5.41, 5.74) is 7.75. The van der Waals surface area contributed by atoms with Gasteiger partial charge in [-0.25, -0.2) is 8.42 Å². The van der Waals surface area contributed by atoms with E-state index in [0.717, 1.165) is 16.5 Å². The molecule has 0 amide bonds. The first-order valence-corrected chi connectivity index (χ1v) is 8.40. The average molecular weight is 294 g/mol. The molecule has 0 aliphatic heterocycles. The standard InChI is InChI=1S/C15H22N2O2S/c1-15(2,3)20(18,19)9-8-17-7-6-13-10-12(11-16)4-5-14(13)17/h4-7,10H,8-9,11,16H2,1-3H3. The van der Waals surface area contributed by atoms with E-state index in [1.807, 2.05) is 35.0 Å². The fraction of sp³-hybridized carbons (Fsp3) is 0.467. The molecule has 2 rings (SSSR count). The minimum absolute atomic E-state index is 0.152. The molecule has 1 heterocycles. The maximum atomic E-state index is 12.2. The van der Waals surface area contributed by atoms with Crippen molar-refractivity contribution in [1.82, 2.24) is 4.57 Å². The summed E-state index contributed by atoms with van der Waals surface area (Å²) in [5, 5.41) is 1.10. The largest absolute Gasteiger partial charge is 0.346 e. The lowest BCUT2D eigenvalue weighted by Gasteiger charge is -2.19. The molecule has 0 spiro atoms. The number of rotatable bonds is 4. The first kappa shape index (κ1) is 15.1. The van der Waals surface area contributed by atoms with Crippen LogP contribution in [0.3, 0.4) is 0 Å². The van der Waals surface area contributed by atoms with E-state index in [4.69, 9.17) is 5.73 Å². The molecule has 0 unspecified atom stereocenters. The highest BCUT2D eigenvalue weighted by atomic mass is 32.2. The molecule has 0 saturated heterocycles. The van der Waals surface area contributed by atoms with Crippen LogP contribution in [0, 0.1) is 0 Å². The smallest absolute Gasteiger partial charge is 0.156 e. The van der Waals surface area contributed by atoms with E-state index < -0.39 is 14.6 Å². The lowest BCUT2D eigenvalue weighted by atomic mass is 10.1. The van der Waals surface area contributed by atoms with Gasteiger partial charge in [-0.05, 0) is 49.9 Å². The van der Waals surface area contributed by atoms with Gasteiger partial charge in [-0.1, -0.05) is 6.07 Å². The summed E-state index contributed by atoms with van der Waals surface area (Å²) in [4.78, 5) is 0. The summed E-state index contributed by atoms with van der Waals surface area (Å²) >= 11 is 0. The second-order valence-electron chi connectivity index (χ2n) is 6.04. The normalized spacial score (nSPS) is 13.0. The average Bonchev–Trinajstić information content (AvgIpc) is 2.77. The molecule has 0 aliphatic rings. The lowest BCUT2D eigenvalue weighted by molar-refractivity contribution is 0.555. The summed E-state index contributed by atoms with van der Waals surface area (Å²) in [5.74, 6) is 0.152. The van der Waals surface area contributed by atoms with Crippen LogP contribution in [0.2, 0.25) is 0 Å². The van der Waals surface area contributed by atoms with Crippen molar-refractivity contribution in [3.05, 3.63) is 36.0 Å². The van der Waals surface area contributed by atoms with Gasteiger partial charge in [-0.2, -0.15) is 0 Å². The number of benzene rings is 1. The molecule has 2 N–H and O–H groups in total. The van der Waals surface area contributed by atoms with Gasteiger partial charge in [0.1, 0.15) is 0 Å². The number of hydrogen-bond acceptors (Lipinski definition) is 3. The molecule has 0 radical (unpaired) electrons. The van der Waals surface area contributed by atoms with Gasteiger partial charge in [-0.15, -0.1) is 0 Å². The van der Waals surface area contributed by atoms with Crippen LogP contribution in [-0.2, 0) is 22.9 Å². The van der Waals surface area contributed by atoms with E-state index in [-0.39, 0.29) is 5.75 Å². The third-order valence-corrected chi connectivity index (χ3v) is 6.19. The van der Waals surface area contributed by atoms with Gasteiger partial charge in [0.25, 0.3) is 0 Å². The maximum absolute atomic E-state index is 12.2. The van der Waals surface area contributed by atoms with E-state index in [9.17, 15) is 8.42 Å². The first-order valence-electron chi connectivity index (χ1n) is 6.75. The molecule has 1 aromatic carbocycles. The van der Waals surface area contributed by atoms with Crippen LogP contribution in [0.1, 0.15) is 26.3 Å². The number of hydrogen-bond donors (Lipinski definition) is 1. The number of fused-ring (bicyclic) bond motifs is 1. The van der Waals surface area contributed by atoms with Crippen molar-refractivity contribution in [3.8, 4) is 0 Å². The Labute approximate surface area is 120 Å². The minimum atomic E-state index is -3.10. The summed E-state index contributed by atoms with van der Waals surface area (Å²) < 4.78 is 25.6. The number of nitrogens with two attached hydrogens (primary N) is 1. The number of nitrogens with zero attached hydrogens (tertiary/aromatic N) is 1. The number of aromatic nitrogens is 1. The van der Waals surface area contributed by atoms with Crippen molar-refractivity contribution >= 4 is 20.7 Å². The summed E-state index contributed by atoms with van der Waals surface area (Å²) in [6, 6.07) is 8.03. The molecule has 0 saturated carbocycles. The highest BCUT2D eigenvalue weighted by Gasteiger charge is 2.28. The van der Waals surface area contributed by atoms with Crippen LogP contribution in [-0.4, -0.2) is 23.5 Å². The van der Waals surface area contributed by atoms with E-state index in [1.54, 1.807) is 20.8 Å². The van der Waals surface area contributed by atoms with Crippen molar-refractivity contribution < 1.29 is 8.42 Å². The van der Waals surface area contributed by atoms with E-state index in [0.29, 0.717) is 13.1 Å². The zero-order valence-electron chi connectivity index (χ0n) is 12.3. The topological polar surface area (TPSA) is 65.1 Å². The molecule has 2 aromatic rings. The van der Waals surface area contributed by atoms with Crippen LogP contribution in [0.5, 0.6) is 0 Å². The van der Waals surface area contributed by atoms with Gasteiger partial charge >= 0.3 is 0 Å². The molecule has 0 fully saturated rings. The zero-order valence-corrected chi connectivity index (χ0v) is 13.1. The van der Waals surface area contributed by atoms with Crippen LogP contribution < -0.4 is 5.73 Å². The van der Waals surface area contributed by atoms with E-state index in [1.165, 1.54) is 0 Å². The highest BCUT2D eigenvalue weighted by Crippen LogP contribution is 2.20. The Kier molecular flexibility index (Phi) is 3.93. The van der Waals surface area contributed by atoms with Crippen molar-refractivity contribution in [2.24, 2.45) is 5.73 Å². The minimum Gasteiger partial charge on any atom is -0.346 e. The van der Waals surface area contributed by atoms with Gasteiger partial charge in [0.15, 0.2) is 9.84 Å². The molecular weight excluding hydrogens is 272 g/mol. The molecule has 20 heavy (non-hydrogen) atoms. The Balaban J connectivity index is 2.23. The summed E-state index contributed by atoms with van der Waals surface area (Å²) in [6.45, 7) is 6.21. The van der Waals surface area contributed by atoms with E-state index >= 15 is 0 Å². The Hall–Kier alpha value is -1.33. The quantitative estimate of drug-likeness (QED) is 0.941. The van der Waals surface area contributed by atoms with Gasteiger partial charge in [0.2, 0.25) is 0 Å².